The van der Waals surface area contributed by atoms with Crippen molar-refractivity contribution >= 4 is 50.4 Å². The molecule has 0 aromatic carbocycles. The van der Waals surface area contributed by atoms with Gasteiger partial charge in [0.05, 0.1) is 12.6 Å². The van der Waals surface area contributed by atoms with Gasteiger partial charge in [-0.15, -0.1) is 22.7 Å². The van der Waals surface area contributed by atoms with E-state index in [1.165, 1.54) is 10.4 Å². The largest absolute Gasteiger partial charge is 0.444 e. The van der Waals surface area contributed by atoms with E-state index < -0.39 is 5.91 Å². The van der Waals surface area contributed by atoms with Crippen molar-refractivity contribution in [3.63, 3.8) is 0 Å². The number of hydrogen-bond donors (Lipinski definition) is 1. The number of nitrogens with zero attached hydrogens (tertiary/aromatic N) is 1. The minimum atomic E-state index is -0.398. The molecule has 3 aromatic heterocycles. The highest BCUT2D eigenvalue weighted by Gasteiger charge is 2.33. The Labute approximate surface area is 166 Å². The Bertz CT molecular complexity index is 932. The lowest BCUT2D eigenvalue weighted by Crippen LogP contribution is -2.45. The van der Waals surface area contributed by atoms with Crippen molar-refractivity contribution in [3.05, 3.63) is 66.8 Å². The number of hydrogen-bond acceptors (Lipinski definition) is 5. The number of fused-ring (bicyclic) bond motifs is 1. The number of rotatable bonds is 4. The molecule has 8 heteroatoms. The molecule has 0 radical (unpaired) electrons. The van der Waals surface area contributed by atoms with Crippen molar-refractivity contribution in [2.75, 3.05) is 13.1 Å². The van der Waals surface area contributed by atoms with Crippen molar-refractivity contribution in [1.82, 2.24) is 10.2 Å². The van der Waals surface area contributed by atoms with E-state index >= 15 is 0 Å². The van der Waals surface area contributed by atoms with Gasteiger partial charge in [-0.1, -0.05) is 6.07 Å². The summed E-state index contributed by atoms with van der Waals surface area (Å²) < 4.78 is 5.70. The molecule has 4 heterocycles. The van der Waals surface area contributed by atoms with E-state index in [2.05, 4.69) is 38.8 Å². The average Bonchev–Trinajstić information content (AvgIpc) is 3.38. The molecule has 0 saturated carbocycles. The molecule has 3 aromatic rings. The molecule has 0 bridgehead atoms. The van der Waals surface area contributed by atoms with Crippen LogP contribution in [-0.2, 0) is 11.2 Å². The fraction of sp³-hybridized carbons (Fsp3) is 0.222. The fourth-order valence-electron chi connectivity index (χ4n) is 3.12. The second kappa shape index (κ2) is 7.38. The van der Waals surface area contributed by atoms with E-state index in [4.69, 9.17) is 4.42 Å². The van der Waals surface area contributed by atoms with Crippen LogP contribution in [0.4, 0.5) is 0 Å². The molecule has 1 aliphatic heterocycles. The van der Waals surface area contributed by atoms with Crippen LogP contribution in [0.15, 0.2) is 50.2 Å². The Hall–Kier alpha value is -1.90. The maximum absolute atomic E-state index is 12.9. The lowest BCUT2D eigenvalue weighted by atomic mass is 9.98. The summed E-state index contributed by atoms with van der Waals surface area (Å²) in [5.41, 5.74) is 1.19. The summed E-state index contributed by atoms with van der Waals surface area (Å²) in [5, 5.41) is 6.76. The van der Waals surface area contributed by atoms with Crippen LogP contribution < -0.4 is 5.32 Å². The van der Waals surface area contributed by atoms with E-state index in [9.17, 15) is 9.59 Å². The van der Waals surface area contributed by atoms with E-state index in [0.29, 0.717) is 11.2 Å². The van der Waals surface area contributed by atoms with E-state index in [1.54, 1.807) is 34.8 Å². The lowest BCUT2D eigenvalue weighted by molar-refractivity contribution is -0.132. The van der Waals surface area contributed by atoms with Crippen LogP contribution in [0.1, 0.15) is 31.9 Å². The van der Waals surface area contributed by atoms with Gasteiger partial charge in [0, 0.05) is 16.3 Å². The molecule has 26 heavy (non-hydrogen) atoms. The van der Waals surface area contributed by atoms with Crippen molar-refractivity contribution in [2.45, 2.75) is 12.5 Å². The van der Waals surface area contributed by atoms with Gasteiger partial charge in [0.1, 0.15) is 0 Å². The number of thiophene rings is 2. The minimum Gasteiger partial charge on any atom is -0.444 e. The van der Waals surface area contributed by atoms with Crippen LogP contribution >= 0.6 is 38.6 Å². The molecule has 0 fully saturated rings. The monoisotopic (exact) mass is 450 g/mol. The first-order valence-corrected chi connectivity index (χ1v) is 10.6. The Morgan fingerprint density at radius 1 is 1.23 bits per heavy atom. The predicted octanol–water partition coefficient (Wildman–Crippen LogP) is 4.07. The van der Waals surface area contributed by atoms with E-state index in [0.717, 1.165) is 11.3 Å². The van der Waals surface area contributed by atoms with Crippen molar-refractivity contribution in [3.8, 4) is 0 Å². The lowest BCUT2D eigenvalue weighted by Gasteiger charge is -2.35. The maximum atomic E-state index is 12.9. The second-order valence-electron chi connectivity index (χ2n) is 5.84. The Morgan fingerprint density at radius 2 is 2.12 bits per heavy atom. The second-order valence-corrected chi connectivity index (χ2v) is 8.60. The molecule has 5 nitrogen and oxygen atoms in total. The Kier molecular flexibility index (Phi) is 4.97. The topological polar surface area (TPSA) is 62.6 Å². The normalized spacial score (nSPS) is 16.3. The molecular formula is C18H15BrN2O3S2. The third kappa shape index (κ3) is 3.36. The molecule has 4 rings (SSSR count). The number of amides is 2. The van der Waals surface area contributed by atoms with Crippen LogP contribution in [0.25, 0.3) is 0 Å². The van der Waals surface area contributed by atoms with Crippen LogP contribution in [0.3, 0.4) is 0 Å². The molecule has 1 atom stereocenters. The summed E-state index contributed by atoms with van der Waals surface area (Å²) >= 11 is 6.55. The maximum Gasteiger partial charge on any atom is 0.287 e. The van der Waals surface area contributed by atoms with Crippen LogP contribution in [0.5, 0.6) is 0 Å². The number of furan rings is 1. The van der Waals surface area contributed by atoms with Gasteiger partial charge in [-0.05, 0) is 62.9 Å². The zero-order valence-corrected chi connectivity index (χ0v) is 16.8. The van der Waals surface area contributed by atoms with Crippen LogP contribution in [0.2, 0.25) is 0 Å². The summed E-state index contributed by atoms with van der Waals surface area (Å²) in [6.45, 7) is 0.593. The standard InChI is InChI=1S/C18H15BrN2O3S2/c19-15-4-3-12(24-15)18(23)20-10-16(22)21-7-5-13-11(6-9-26-13)17(21)14-2-1-8-25-14/h1-4,6,8-9,17H,5,7,10H2,(H,20,23). The van der Waals surface area contributed by atoms with Gasteiger partial charge in [-0.3, -0.25) is 9.59 Å². The minimum absolute atomic E-state index is 0.0570. The van der Waals surface area contributed by atoms with Crippen molar-refractivity contribution in [1.29, 1.82) is 0 Å². The van der Waals surface area contributed by atoms with E-state index in [-0.39, 0.29) is 24.3 Å². The Balaban J connectivity index is 1.50. The molecule has 0 aliphatic carbocycles. The number of carbonyl (C=O) groups is 2. The van der Waals surface area contributed by atoms with Crippen molar-refractivity contribution in [2.24, 2.45) is 0 Å². The first-order valence-electron chi connectivity index (χ1n) is 8.06. The quantitative estimate of drug-likeness (QED) is 0.651. The summed E-state index contributed by atoms with van der Waals surface area (Å²) in [4.78, 5) is 29.3. The zero-order valence-electron chi connectivity index (χ0n) is 13.6. The Morgan fingerprint density at radius 3 is 2.85 bits per heavy atom. The SMILES string of the molecule is O=C(NCC(=O)N1CCc2sccc2C1c1cccs1)c1ccc(Br)o1. The molecule has 0 spiro atoms. The van der Waals surface area contributed by atoms with Gasteiger partial charge in [0.25, 0.3) is 5.91 Å². The molecule has 1 N–H and O–H groups in total. The summed E-state index contributed by atoms with van der Waals surface area (Å²) in [6, 6.07) is 9.29. The predicted molar refractivity (Wildman–Crippen MR) is 105 cm³/mol. The number of nitrogens with one attached hydrogen (secondary N) is 1. The highest BCUT2D eigenvalue weighted by Crippen LogP contribution is 2.39. The van der Waals surface area contributed by atoms with Gasteiger partial charge < -0.3 is 14.6 Å². The summed E-state index contributed by atoms with van der Waals surface area (Å²) in [7, 11) is 0. The van der Waals surface area contributed by atoms with Crippen molar-refractivity contribution < 1.29 is 14.0 Å². The molecule has 1 unspecified atom stereocenters. The van der Waals surface area contributed by atoms with Gasteiger partial charge in [0.15, 0.2) is 10.4 Å². The number of carbonyl (C=O) groups excluding carboxylic acids is 2. The highest BCUT2D eigenvalue weighted by molar-refractivity contribution is 9.10. The number of halogens is 1. The molecular weight excluding hydrogens is 436 g/mol. The third-order valence-electron chi connectivity index (χ3n) is 4.30. The fourth-order valence-corrected chi connectivity index (χ4v) is 5.18. The first kappa shape index (κ1) is 17.5. The highest BCUT2D eigenvalue weighted by atomic mass is 79.9. The van der Waals surface area contributed by atoms with Gasteiger partial charge in [-0.2, -0.15) is 0 Å². The van der Waals surface area contributed by atoms with Gasteiger partial charge in [-0.25, -0.2) is 0 Å². The smallest absolute Gasteiger partial charge is 0.287 e. The van der Waals surface area contributed by atoms with Gasteiger partial charge >= 0.3 is 0 Å². The van der Waals surface area contributed by atoms with Gasteiger partial charge in [0.2, 0.25) is 5.91 Å². The zero-order chi connectivity index (χ0) is 18.1. The molecule has 2 amide bonds. The van der Waals surface area contributed by atoms with Crippen LogP contribution in [0, 0.1) is 0 Å². The molecule has 0 saturated heterocycles. The first-order chi connectivity index (χ1) is 12.6. The average molecular weight is 451 g/mol. The molecule has 134 valence electrons. The summed E-state index contributed by atoms with van der Waals surface area (Å²) in [6.07, 6.45) is 0.847. The summed E-state index contributed by atoms with van der Waals surface area (Å²) in [5.74, 6) is -0.317. The van der Waals surface area contributed by atoms with Crippen LogP contribution in [-0.4, -0.2) is 29.8 Å². The third-order valence-corrected chi connectivity index (χ3v) is 6.64. The molecule has 1 aliphatic rings. The van der Waals surface area contributed by atoms with E-state index in [1.807, 2.05) is 16.3 Å².